The molecule has 14 atom stereocenters. The first-order valence-electron chi connectivity index (χ1n) is 43.9. The molecule has 748 valence electrons. The highest BCUT2D eigenvalue weighted by Gasteiger charge is 2.44. The van der Waals surface area contributed by atoms with Crippen LogP contribution < -0.4 is 79.5 Å². The van der Waals surface area contributed by atoms with Crippen LogP contribution in [0.4, 0.5) is 0 Å². The molecule has 1 saturated heterocycles. The molecule has 14 amide bonds. The molecule has 47 nitrogen and oxygen atoms in total. The number of nitrogens with zero attached hydrogens (tertiary/aromatic N) is 1. The van der Waals surface area contributed by atoms with Gasteiger partial charge in [0.1, 0.15) is 95.6 Å². The molecule has 2 heterocycles. The van der Waals surface area contributed by atoms with Crippen LogP contribution in [0.15, 0.2) is 124 Å². The quantitative estimate of drug-likeness (QED) is 0.0173. The third-order valence-electron chi connectivity index (χ3n) is 21.8. The Kier molecular flexibility index (Phi) is 41.4. The number of hydrogen-bond acceptors (Lipinski definition) is 27. The smallest absolute Gasteiger partial charge is 0.481 e. The van der Waals surface area contributed by atoms with Crippen molar-refractivity contribution in [3.8, 4) is 28.2 Å². The molecule has 7 rings (SSSR count). The number of fused-ring (bicyclic) bond motifs is 2. The van der Waals surface area contributed by atoms with Crippen LogP contribution in [0, 0.1) is 17.8 Å². The van der Waals surface area contributed by atoms with E-state index in [1.807, 2.05) is 10.6 Å². The summed E-state index contributed by atoms with van der Waals surface area (Å²) >= 11 is 0. The van der Waals surface area contributed by atoms with E-state index >= 15 is 4.79 Å². The topological polar surface area (TPSA) is 750 Å². The summed E-state index contributed by atoms with van der Waals surface area (Å²) in [5.74, 6) is -28.5. The molecule has 0 radical (unpaired) electrons. The van der Waals surface area contributed by atoms with Crippen LogP contribution in [-0.2, 0) is 108 Å². The van der Waals surface area contributed by atoms with Crippen molar-refractivity contribution in [2.24, 2.45) is 23.5 Å². The minimum Gasteiger partial charge on any atom is -0.481 e. The molecule has 1 fully saturated rings. The molecule has 0 bridgehead atoms. The van der Waals surface area contributed by atoms with E-state index in [4.69, 9.17) is 14.7 Å². The van der Waals surface area contributed by atoms with Gasteiger partial charge in [0, 0.05) is 60.4 Å². The number of carbonyl (C=O) groups is 20. The molecule has 139 heavy (non-hydrogen) atoms. The van der Waals surface area contributed by atoms with Crippen LogP contribution in [0.2, 0.25) is 0 Å². The third kappa shape index (κ3) is 33.8. The number of rotatable bonds is 54. The summed E-state index contributed by atoms with van der Waals surface area (Å²) in [5.41, 5.74) is 5.92. The maximum atomic E-state index is 15.2. The monoisotopic (exact) mass is 1960 g/mol. The zero-order valence-electron chi connectivity index (χ0n) is 76.4. The highest BCUT2D eigenvalue weighted by atomic mass is 31.1. The molecule has 0 saturated carbocycles. The summed E-state index contributed by atoms with van der Waals surface area (Å²) in [4.78, 5) is 286. The number of aliphatic carboxylic acids is 5. The van der Waals surface area contributed by atoms with E-state index in [0.717, 1.165) is 30.0 Å². The van der Waals surface area contributed by atoms with Crippen LogP contribution in [0.25, 0.3) is 33.4 Å². The number of carbonyl (C=O) groups excluding carboxylic acids is 14. The Hall–Kier alpha value is -15.4. The van der Waals surface area contributed by atoms with Gasteiger partial charge in [0.25, 0.3) is 5.91 Å². The van der Waals surface area contributed by atoms with E-state index in [2.05, 4.69) is 53.2 Å². The highest BCUT2D eigenvalue weighted by Crippen LogP contribution is 2.41. The first-order valence-corrected chi connectivity index (χ1v) is 45.0. The zero-order chi connectivity index (χ0) is 103. The summed E-state index contributed by atoms with van der Waals surface area (Å²) in [5, 5.41) is 109. The van der Waals surface area contributed by atoms with E-state index in [1.165, 1.54) is 42.5 Å². The average molecular weight is 1960 g/mol. The number of para-hydroxylation sites is 1. The van der Waals surface area contributed by atoms with Crippen molar-refractivity contribution >= 4 is 137 Å². The van der Waals surface area contributed by atoms with Crippen LogP contribution in [0.1, 0.15) is 157 Å². The second-order valence-electron chi connectivity index (χ2n) is 34.2. The molecule has 0 aromatic heterocycles. The van der Waals surface area contributed by atoms with Gasteiger partial charge in [-0.1, -0.05) is 108 Å². The average Bonchev–Trinajstić information content (AvgIpc) is 1.60. The Balaban J connectivity index is 1.10. The summed E-state index contributed by atoms with van der Waals surface area (Å²) in [7, 11) is -3.47. The molecule has 22 N–H and O–H groups in total. The van der Waals surface area contributed by atoms with Crippen molar-refractivity contribution in [3.63, 3.8) is 0 Å². The maximum Gasteiger partial charge on any atom is 0.529 e. The lowest BCUT2D eigenvalue weighted by atomic mass is 9.90. The molecule has 48 heteroatoms. The van der Waals surface area contributed by atoms with Gasteiger partial charge in [0.05, 0.1) is 37.5 Å². The van der Waals surface area contributed by atoms with Crippen LogP contribution in [0.5, 0.6) is 5.75 Å². The molecular formula is C91H111N14O33P. The maximum absolute atomic E-state index is 15.2. The predicted octanol–water partition coefficient (Wildman–Crippen LogP) is -0.212. The lowest BCUT2D eigenvalue weighted by Gasteiger charge is -2.31. The summed E-state index contributed by atoms with van der Waals surface area (Å²) in [6.07, 6.45) is -10.4. The molecule has 3 aliphatic rings. The number of nitrogens with two attached hydrogens (primary N) is 1. The predicted molar refractivity (Wildman–Crippen MR) is 485 cm³/mol. The van der Waals surface area contributed by atoms with Crippen molar-refractivity contribution in [2.75, 3.05) is 13.2 Å². The fourth-order valence-corrected chi connectivity index (χ4v) is 15.4. The number of benzene rings is 5. The molecule has 2 aliphatic heterocycles. The van der Waals surface area contributed by atoms with Crippen molar-refractivity contribution < 1.29 is 155 Å². The number of likely N-dealkylation sites (tertiary alicyclic amines) is 1. The Labute approximate surface area is 793 Å². The SMILES string of the molecule is CC(C)C[C@H](NC(=O)[C@H](CCC(=O)O)NC(=O)[C@H](Cc1ccc(OP(=O)=O)cc1)NC(=O)[C@H](CC(=O)O)NC(=O)[C@@H]1CCCN1C(=O)[C@H](Cc1ccccc1)NC(=O)[C@H](CC(C)C)NC(=O)[C@H](CO)NC(=O)c1ccc(-c2c3ccc(=O)cc-3oc3ccccc23)c(C(=O)O)c1)C(=O)N[C@@H](CC(C)C)C(=O)N[C@H](C(=O)N[C@@H](CCC(=O)O)C(=O)N[C@@H](CC(N)=O)C(=O)N[C@@H](CC(=O)O)C(=O)O)[C@@H](C)O. The number of nitrogens with one attached hydrogen (secondary N) is 12. The van der Waals surface area contributed by atoms with Gasteiger partial charge in [-0.05, 0) is 129 Å². The minimum absolute atomic E-state index is 0.0858. The van der Waals surface area contributed by atoms with Gasteiger partial charge < -0.3 is 124 Å². The third-order valence-corrected chi connectivity index (χ3v) is 22.1. The van der Waals surface area contributed by atoms with Crippen LogP contribution >= 0.6 is 7.91 Å². The van der Waals surface area contributed by atoms with E-state index in [-0.39, 0.29) is 84.3 Å². The fourth-order valence-electron chi connectivity index (χ4n) is 15.1. The number of primary amides is 1. The Morgan fingerprint density at radius 2 is 0.906 bits per heavy atom. The number of aliphatic hydroxyl groups is 2. The Bertz CT molecular complexity index is 5660. The van der Waals surface area contributed by atoms with Gasteiger partial charge in [-0.2, -0.15) is 9.13 Å². The van der Waals surface area contributed by atoms with Gasteiger partial charge in [0.2, 0.25) is 76.8 Å². The number of amides is 14. The van der Waals surface area contributed by atoms with Crippen LogP contribution in [0.3, 0.4) is 0 Å². The zero-order valence-corrected chi connectivity index (χ0v) is 77.2. The van der Waals surface area contributed by atoms with Gasteiger partial charge in [-0.15, -0.1) is 0 Å². The molecule has 1 aliphatic carbocycles. The largest absolute Gasteiger partial charge is 0.529 e. The second-order valence-corrected chi connectivity index (χ2v) is 34.9. The molecular weight excluding hydrogens is 1850 g/mol. The van der Waals surface area contributed by atoms with E-state index in [1.54, 1.807) is 96.1 Å². The number of aliphatic hydroxyl groups excluding tert-OH is 2. The number of hydrogen-bond donors (Lipinski definition) is 21. The first kappa shape index (κ1) is 111. The molecule has 4 aromatic rings. The normalized spacial score (nSPS) is 15.1. The highest BCUT2D eigenvalue weighted by molar-refractivity contribution is 7.25. The second kappa shape index (κ2) is 52.1. The van der Waals surface area contributed by atoms with E-state index in [9.17, 15) is 146 Å². The van der Waals surface area contributed by atoms with Crippen molar-refractivity contribution in [3.05, 3.63) is 148 Å². The standard InChI is InChI=1S/C91H111N14O33P/c1-43(2)32-58(80(121)96-60(34-45(5)6)85(126)104-76(46(7)107)88(129)94-57(28-30-72(112)113)79(120)99-62(39-70(92)109)83(124)102-65(91(133)134)41-74(116)117)95-78(119)56(27-29-71(110)111)93-82(123)61(35-48-19-23-51(24-20-48)138-139(135)136)98-84(125)63(40-73(114)115)100-87(128)67-17-13-31-105(67)89(130)64(36-47-14-9-8-10-15-47)101-81(122)59(33-44(3)4)97-86(127)66(42-106)103-77(118)49-21-25-52(55(37-49)90(131)132)75-53-16-11-12-18-68(53)137-69-38-50(108)22-26-54(69)75/h8-12,14-16,18-26,37-38,43-46,56-67,76,106-107H,13,17,27-36,39-42H2,1-7H3,(H2,92,109)(H,93,123)(H,94,129)(H,95,119)(H,96,121)(H,97,127)(H,98,125)(H,99,120)(H,100,128)(H,101,122)(H,102,124)(H,103,118)(H,104,126)(H,110,111)(H,112,113)(H,114,115)(H,116,117)(H,131,132)(H,133,134)/t46-,56+,57+,58+,59+,60+,61+,62+,63+,64+,65+,66+,67+,76+/m1/s1. The van der Waals surface area contributed by atoms with Gasteiger partial charge in [-0.25, -0.2) is 9.59 Å². The summed E-state index contributed by atoms with van der Waals surface area (Å²) < 4.78 is 33.8. The number of carboxylic acids is 6. The Morgan fingerprint density at radius 1 is 0.460 bits per heavy atom. The van der Waals surface area contributed by atoms with Crippen molar-refractivity contribution in [1.29, 1.82) is 0 Å². The van der Waals surface area contributed by atoms with Crippen molar-refractivity contribution in [2.45, 2.75) is 223 Å². The van der Waals surface area contributed by atoms with E-state index in [0.29, 0.717) is 27.7 Å². The van der Waals surface area contributed by atoms with Gasteiger partial charge in [0.15, 0.2) is 5.43 Å². The lowest BCUT2D eigenvalue weighted by Crippen LogP contribution is -2.62. The number of carboxylic acid groups (broad SMARTS) is 6. The Morgan fingerprint density at radius 3 is 1.42 bits per heavy atom. The first-order chi connectivity index (χ1) is 65.5. The minimum atomic E-state index is -3.47. The van der Waals surface area contributed by atoms with Gasteiger partial charge >= 0.3 is 43.7 Å². The summed E-state index contributed by atoms with van der Waals surface area (Å²) in [6, 6.07) is 2.86. The van der Waals surface area contributed by atoms with E-state index < -0.39 is 287 Å². The number of aromatic carboxylic acids is 1. The molecule has 4 aromatic carbocycles. The molecule has 0 spiro atoms. The van der Waals surface area contributed by atoms with Gasteiger partial charge in [-0.3, -0.25) is 91.1 Å². The van der Waals surface area contributed by atoms with Crippen molar-refractivity contribution in [1.82, 2.24) is 68.7 Å². The summed E-state index contributed by atoms with van der Waals surface area (Å²) in [6.45, 7) is 9.44. The van der Waals surface area contributed by atoms with Crippen LogP contribution in [-0.4, -0.2) is 262 Å². The fraction of sp³-hybridized carbons (Fsp3) is 0.440. The molecule has 0 unspecified atom stereocenters. The lowest BCUT2D eigenvalue weighted by molar-refractivity contribution is -0.147.